The highest BCUT2D eigenvalue weighted by Crippen LogP contribution is 2.51. The van der Waals surface area contributed by atoms with Gasteiger partial charge in [-0.1, -0.05) is 105 Å². The third kappa shape index (κ3) is 16.5. The number of methoxy groups -OCH3 is 2. The molecule has 1 N–H and O–H groups in total. The van der Waals surface area contributed by atoms with Crippen LogP contribution >= 0.6 is 8.53 Å². The number of benzene rings is 5. The summed E-state index contributed by atoms with van der Waals surface area (Å²) in [6.45, 7) is 14.8. The standard InChI is InChI=1S/C68H82N11O7P/c1-11-13-41-77(42-14-12-2)48-73-65-64-51(22-20-40-70-67(80)59-25-18-19-26-60(59)75-74-55-31-33-56(34-32-55)76(7)8)45-78(66(64)72-47-71-65)63-44-61(86-87(84-43-21-39-69)79(49(3)4)50(5)6)62(85-63)46-83-68(52-23-16-15-17-24-52,53-27-35-57(81-9)36-28-53)54-29-37-58(82-10)38-30-54/h15-19,23-38,45,47-50,61-63H,11-14,21,40-44,46H2,1-10H3,(H,70,80)/b73-48+,75-74?/t61-,62+,63+,87?/m0/s1. The number of rotatable bonds is 30. The smallest absolute Gasteiger partial charge is 0.259 e. The molecule has 7 aromatic rings. The molecule has 1 aliphatic rings. The maximum Gasteiger partial charge on any atom is 0.259 e. The monoisotopic (exact) mass is 1200 g/mol. The van der Waals surface area contributed by atoms with Crippen LogP contribution in [0.2, 0.25) is 0 Å². The predicted molar refractivity (Wildman–Crippen MR) is 345 cm³/mol. The van der Waals surface area contributed by atoms with Crippen molar-refractivity contribution in [2.24, 2.45) is 15.2 Å². The maximum atomic E-state index is 13.9. The second-order valence-corrected chi connectivity index (χ2v) is 23.2. The predicted octanol–water partition coefficient (Wildman–Crippen LogP) is 14.2. The van der Waals surface area contributed by atoms with Crippen molar-refractivity contribution in [3.8, 4) is 29.4 Å². The molecule has 0 bridgehead atoms. The normalized spacial score (nSPS) is 15.5. The van der Waals surface area contributed by atoms with Crippen molar-refractivity contribution in [1.82, 2.24) is 29.4 Å². The van der Waals surface area contributed by atoms with E-state index in [1.807, 2.05) is 133 Å². The van der Waals surface area contributed by atoms with Gasteiger partial charge in [0.1, 0.15) is 41.4 Å². The molecule has 1 aliphatic heterocycles. The summed E-state index contributed by atoms with van der Waals surface area (Å²) in [7, 11) is 5.52. The number of unbranched alkanes of at least 4 members (excludes halogenated alkanes) is 2. The molecule has 8 rings (SSSR count). The number of nitriles is 1. The van der Waals surface area contributed by atoms with E-state index in [0.29, 0.717) is 57.3 Å². The largest absolute Gasteiger partial charge is 0.497 e. The molecule has 0 saturated carbocycles. The van der Waals surface area contributed by atoms with Crippen molar-refractivity contribution in [3.63, 3.8) is 0 Å². The Bertz CT molecular complexity index is 3410. The maximum absolute atomic E-state index is 13.9. The van der Waals surface area contributed by atoms with Crippen LogP contribution in [0.1, 0.15) is 119 Å². The van der Waals surface area contributed by atoms with Gasteiger partial charge in [-0.15, -0.1) is 5.11 Å². The number of aliphatic imine (C=N–C) groups is 1. The summed E-state index contributed by atoms with van der Waals surface area (Å²) in [5.41, 5.74) is 5.06. The van der Waals surface area contributed by atoms with Crippen LogP contribution in [0, 0.1) is 23.2 Å². The fraction of sp³-hybridized carbons (Fsp3) is 0.397. The van der Waals surface area contributed by atoms with E-state index < -0.39 is 32.6 Å². The van der Waals surface area contributed by atoms with E-state index in [1.54, 1.807) is 32.4 Å². The van der Waals surface area contributed by atoms with E-state index >= 15 is 0 Å². The van der Waals surface area contributed by atoms with Crippen molar-refractivity contribution in [1.29, 1.82) is 5.26 Å². The van der Waals surface area contributed by atoms with Crippen LogP contribution in [-0.4, -0.2) is 122 Å². The first-order chi connectivity index (χ1) is 42.3. The Morgan fingerprint density at radius 1 is 0.839 bits per heavy atom. The molecule has 19 heteroatoms. The summed E-state index contributed by atoms with van der Waals surface area (Å²) in [4.78, 5) is 32.9. The summed E-state index contributed by atoms with van der Waals surface area (Å²) < 4.78 is 44.2. The van der Waals surface area contributed by atoms with Crippen LogP contribution in [0.15, 0.2) is 155 Å². The zero-order chi connectivity index (χ0) is 61.7. The molecule has 2 aromatic heterocycles. The second kappa shape index (κ2) is 32.1. The average Bonchev–Trinajstić information content (AvgIpc) is 2.04. The Labute approximate surface area is 514 Å². The zero-order valence-electron chi connectivity index (χ0n) is 51.8. The molecule has 1 fully saturated rings. The highest BCUT2D eigenvalue weighted by atomic mass is 31.2. The fourth-order valence-electron chi connectivity index (χ4n) is 10.4. The summed E-state index contributed by atoms with van der Waals surface area (Å²) in [5, 5.41) is 22.2. The first-order valence-electron chi connectivity index (χ1n) is 29.9. The number of carbonyl (C=O) groups excluding carboxylic acids is 1. The Balaban J connectivity index is 1.19. The summed E-state index contributed by atoms with van der Waals surface area (Å²) >= 11 is 0. The van der Waals surface area contributed by atoms with Gasteiger partial charge in [0.2, 0.25) is 0 Å². The first kappa shape index (κ1) is 64.9. The third-order valence-corrected chi connectivity index (χ3v) is 17.1. The van der Waals surface area contributed by atoms with Gasteiger partial charge in [-0.3, -0.25) is 4.79 Å². The highest BCUT2D eigenvalue weighted by molar-refractivity contribution is 7.44. The molecule has 456 valence electrons. The number of anilines is 1. The molecule has 1 saturated heterocycles. The Morgan fingerprint density at radius 2 is 1.47 bits per heavy atom. The summed E-state index contributed by atoms with van der Waals surface area (Å²) in [5.74, 6) is 8.09. The van der Waals surface area contributed by atoms with Gasteiger partial charge in [0, 0.05) is 57.6 Å². The molecule has 3 heterocycles. The highest BCUT2D eigenvalue weighted by Gasteiger charge is 2.45. The van der Waals surface area contributed by atoms with Gasteiger partial charge in [-0.2, -0.15) is 10.4 Å². The lowest BCUT2D eigenvalue weighted by molar-refractivity contribution is -0.0911. The van der Waals surface area contributed by atoms with Crippen LogP contribution in [0.25, 0.3) is 11.0 Å². The molecule has 0 aliphatic carbocycles. The quantitative estimate of drug-likeness (QED) is 0.00853. The molecule has 18 nitrogen and oxygen atoms in total. The molecule has 1 amide bonds. The van der Waals surface area contributed by atoms with E-state index in [4.69, 9.17) is 43.0 Å². The van der Waals surface area contributed by atoms with Gasteiger partial charge >= 0.3 is 0 Å². The van der Waals surface area contributed by atoms with Crippen LogP contribution in [0.5, 0.6) is 11.5 Å². The number of aromatic nitrogens is 3. The van der Waals surface area contributed by atoms with Crippen LogP contribution in [-0.2, 0) is 24.1 Å². The topological polar surface area (TPSA) is 186 Å². The number of amides is 1. The number of ether oxygens (including phenoxy) is 4. The Morgan fingerprint density at radius 3 is 2.08 bits per heavy atom. The van der Waals surface area contributed by atoms with Crippen molar-refractivity contribution in [2.45, 2.75) is 116 Å². The van der Waals surface area contributed by atoms with Crippen LogP contribution in [0.3, 0.4) is 0 Å². The van der Waals surface area contributed by atoms with Crippen LogP contribution in [0.4, 0.5) is 22.9 Å². The number of nitrogens with zero attached hydrogens (tertiary/aromatic N) is 10. The first-order valence-corrected chi connectivity index (χ1v) is 31.0. The van der Waals surface area contributed by atoms with Crippen molar-refractivity contribution < 1.29 is 32.8 Å². The molecule has 4 atom stereocenters. The summed E-state index contributed by atoms with van der Waals surface area (Å²) in [6, 6.07) is 43.1. The average molecular weight is 1200 g/mol. The zero-order valence-corrected chi connectivity index (χ0v) is 52.7. The minimum absolute atomic E-state index is 0.00937. The third-order valence-electron chi connectivity index (χ3n) is 14.9. The number of azo groups is 1. The molecule has 5 aromatic carbocycles. The number of fused-ring (bicyclic) bond motifs is 1. The number of hydrogen-bond acceptors (Lipinski definition) is 15. The number of hydrogen-bond donors (Lipinski definition) is 1. The minimum Gasteiger partial charge on any atom is -0.497 e. The lowest BCUT2D eigenvalue weighted by Gasteiger charge is -2.39. The van der Waals surface area contributed by atoms with Gasteiger partial charge in [-0.25, -0.2) is 19.6 Å². The fourth-order valence-corrected chi connectivity index (χ4v) is 12.2. The number of nitrogens with one attached hydrogen (secondary N) is 1. The molecule has 0 radical (unpaired) electrons. The van der Waals surface area contributed by atoms with Crippen molar-refractivity contribution >= 4 is 54.7 Å². The van der Waals surface area contributed by atoms with Gasteiger partial charge in [0.05, 0.1) is 86.8 Å². The van der Waals surface area contributed by atoms with E-state index in [0.717, 1.165) is 61.2 Å². The van der Waals surface area contributed by atoms with E-state index in [2.05, 4.69) is 96.7 Å². The van der Waals surface area contributed by atoms with E-state index in [1.165, 1.54) is 6.33 Å². The summed E-state index contributed by atoms with van der Waals surface area (Å²) in [6.07, 6.45) is 8.01. The van der Waals surface area contributed by atoms with Crippen LogP contribution < -0.4 is 19.7 Å². The molecule has 0 spiro atoms. The van der Waals surface area contributed by atoms with E-state index in [-0.39, 0.29) is 44.2 Å². The molecular formula is C68H82N11O7P. The van der Waals surface area contributed by atoms with Crippen molar-refractivity contribution in [2.75, 3.05) is 66.1 Å². The Kier molecular flexibility index (Phi) is 23.9. The van der Waals surface area contributed by atoms with Gasteiger partial charge in [-0.05, 0) is 118 Å². The number of carbonyl (C=O) groups is 1. The molecule has 87 heavy (non-hydrogen) atoms. The SMILES string of the molecule is CCCCN(/C=N/c1ncnc2c1c(C#CCNC(=O)c1ccccc1N=Nc1ccc(N(C)C)cc1)cn2[C@H]1C[C@H](OP(OCCC#N)N(C(C)C)C(C)C)[C@@H](COC(c2ccccc2)(c2ccc(OC)cc2)c2ccc(OC)cc2)O1)CCCC. The van der Waals surface area contributed by atoms with Gasteiger partial charge in [0.15, 0.2) is 5.82 Å². The minimum atomic E-state index is -1.74. The lowest BCUT2D eigenvalue weighted by Crippen LogP contribution is -2.39. The van der Waals surface area contributed by atoms with Gasteiger partial charge in [0.25, 0.3) is 14.4 Å². The van der Waals surface area contributed by atoms with Crippen molar-refractivity contribution in [3.05, 3.63) is 168 Å². The van der Waals surface area contributed by atoms with Gasteiger partial charge < -0.3 is 47.7 Å². The lowest BCUT2D eigenvalue weighted by atomic mass is 9.80. The van der Waals surface area contributed by atoms with E-state index in [9.17, 15) is 10.1 Å². The Hall–Kier alpha value is -8.06. The second-order valence-electron chi connectivity index (χ2n) is 21.8. The molecule has 1 unspecified atom stereocenters. The molecular weight excluding hydrogens is 1110 g/mol.